The Bertz CT molecular complexity index is 466. The van der Waals surface area contributed by atoms with Crippen LogP contribution in [-0.2, 0) is 24.0 Å². The summed E-state index contributed by atoms with van der Waals surface area (Å²) < 4.78 is 0. The molecule has 0 unspecified atom stereocenters. The van der Waals surface area contributed by atoms with Crippen LogP contribution in [0.2, 0.25) is 0 Å². The zero-order valence-electron chi connectivity index (χ0n) is 11.9. The smallest absolute Gasteiger partial charge is 0.322 e. The first-order valence-corrected chi connectivity index (χ1v) is 6.25. The SMILES string of the molecule is C[C@H](NC(=O)CN)C(=O)N[C@@H](CC(N)=O)C(=O)NCC(=O)O. The average molecular weight is 317 g/mol. The van der Waals surface area contributed by atoms with E-state index in [1.54, 1.807) is 0 Å². The molecular weight excluding hydrogens is 298 g/mol. The quantitative estimate of drug-likeness (QED) is 0.249. The summed E-state index contributed by atoms with van der Waals surface area (Å²) in [6, 6.07) is -2.35. The lowest BCUT2D eigenvalue weighted by Crippen LogP contribution is -2.54. The van der Waals surface area contributed by atoms with Crippen molar-refractivity contribution in [1.29, 1.82) is 0 Å². The van der Waals surface area contributed by atoms with Crippen molar-refractivity contribution in [3.05, 3.63) is 0 Å². The Morgan fingerprint density at radius 1 is 1.09 bits per heavy atom. The Labute approximate surface area is 125 Å². The highest BCUT2D eigenvalue weighted by molar-refractivity contribution is 5.95. The molecule has 0 spiro atoms. The number of rotatable bonds is 9. The molecule has 0 fully saturated rings. The molecule has 0 saturated heterocycles. The molecule has 0 heterocycles. The van der Waals surface area contributed by atoms with E-state index in [1.165, 1.54) is 6.92 Å². The number of aliphatic carboxylic acids is 1. The van der Waals surface area contributed by atoms with Gasteiger partial charge >= 0.3 is 5.97 Å². The third-order valence-electron chi connectivity index (χ3n) is 2.41. The van der Waals surface area contributed by atoms with Crippen molar-refractivity contribution in [2.24, 2.45) is 11.5 Å². The number of amides is 4. The van der Waals surface area contributed by atoms with E-state index in [-0.39, 0.29) is 6.54 Å². The molecular formula is C11H19N5O6. The Hall–Kier alpha value is -2.69. The summed E-state index contributed by atoms with van der Waals surface area (Å²) in [6.07, 6.45) is -0.519. The van der Waals surface area contributed by atoms with E-state index >= 15 is 0 Å². The standard InChI is InChI=1S/C11H19N5O6/c1-5(15-8(18)3-12)10(21)16-6(2-7(13)17)11(22)14-4-9(19)20/h5-6H,2-4,12H2,1H3,(H2,13,17)(H,14,22)(H,15,18)(H,16,21)(H,19,20)/t5-,6-/m0/s1. The Morgan fingerprint density at radius 3 is 2.14 bits per heavy atom. The molecule has 124 valence electrons. The lowest BCUT2D eigenvalue weighted by molar-refractivity contribution is -0.138. The summed E-state index contributed by atoms with van der Waals surface area (Å²) in [5.74, 6) is -4.37. The normalized spacial score (nSPS) is 12.6. The van der Waals surface area contributed by atoms with Gasteiger partial charge in [0.1, 0.15) is 18.6 Å². The fraction of sp³-hybridized carbons (Fsp3) is 0.545. The summed E-state index contributed by atoms with van der Waals surface area (Å²) in [5, 5.41) is 14.9. The number of primary amides is 1. The van der Waals surface area contributed by atoms with Gasteiger partial charge < -0.3 is 32.5 Å². The van der Waals surface area contributed by atoms with Crippen molar-refractivity contribution in [2.75, 3.05) is 13.1 Å². The summed E-state index contributed by atoms with van der Waals surface area (Å²) in [5.41, 5.74) is 10.0. The molecule has 0 saturated carbocycles. The van der Waals surface area contributed by atoms with Gasteiger partial charge in [0, 0.05) is 0 Å². The second-order valence-electron chi connectivity index (χ2n) is 4.34. The average Bonchev–Trinajstić information content (AvgIpc) is 2.42. The molecule has 0 aliphatic rings. The fourth-order valence-electron chi connectivity index (χ4n) is 1.36. The van der Waals surface area contributed by atoms with Crippen LogP contribution >= 0.6 is 0 Å². The van der Waals surface area contributed by atoms with Gasteiger partial charge in [0.05, 0.1) is 13.0 Å². The number of nitrogens with one attached hydrogen (secondary N) is 3. The van der Waals surface area contributed by atoms with Gasteiger partial charge in [-0.1, -0.05) is 0 Å². The number of carboxylic acid groups (broad SMARTS) is 1. The predicted octanol–water partition coefficient (Wildman–Crippen LogP) is -3.99. The molecule has 8 N–H and O–H groups in total. The highest BCUT2D eigenvalue weighted by Gasteiger charge is 2.25. The minimum absolute atomic E-state index is 0.318. The Morgan fingerprint density at radius 2 is 1.68 bits per heavy atom. The van der Waals surface area contributed by atoms with Gasteiger partial charge in [0.25, 0.3) is 0 Å². The van der Waals surface area contributed by atoms with Crippen LogP contribution in [0.5, 0.6) is 0 Å². The van der Waals surface area contributed by atoms with Crippen molar-refractivity contribution < 1.29 is 29.1 Å². The number of carbonyl (C=O) groups is 5. The second kappa shape index (κ2) is 9.28. The molecule has 0 rings (SSSR count). The zero-order valence-corrected chi connectivity index (χ0v) is 11.9. The van der Waals surface area contributed by atoms with Gasteiger partial charge in [-0.15, -0.1) is 0 Å². The van der Waals surface area contributed by atoms with Gasteiger partial charge in [-0.25, -0.2) is 0 Å². The topological polar surface area (TPSA) is 194 Å². The van der Waals surface area contributed by atoms with E-state index in [1.807, 2.05) is 5.32 Å². The lowest BCUT2D eigenvalue weighted by atomic mass is 10.1. The summed E-state index contributed by atoms with van der Waals surface area (Å²) in [6.45, 7) is 0.351. The molecule has 2 atom stereocenters. The van der Waals surface area contributed by atoms with Gasteiger partial charge in [-0.05, 0) is 6.92 Å². The van der Waals surface area contributed by atoms with Crippen LogP contribution in [0.15, 0.2) is 0 Å². The molecule has 0 bridgehead atoms. The van der Waals surface area contributed by atoms with E-state index in [0.29, 0.717) is 0 Å². The van der Waals surface area contributed by atoms with Gasteiger partial charge in [0.2, 0.25) is 23.6 Å². The van der Waals surface area contributed by atoms with Crippen molar-refractivity contribution in [1.82, 2.24) is 16.0 Å². The first-order chi connectivity index (χ1) is 10.2. The minimum Gasteiger partial charge on any atom is -0.480 e. The molecule has 0 aliphatic heterocycles. The van der Waals surface area contributed by atoms with Crippen LogP contribution in [0.3, 0.4) is 0 Å². The van der Waals surface area contributed by atoms with Crippen LogP contribution in [0.4, 0.5) is 0 Å². The molecule has 0 aromatic rings. The van der Waals surface area contributed by atoms with Crippen LogP contribution in [-0.4, -0.2) is 59.9 Å². The summed E-state index contributed by atoms with van der Waals surface area (Å²) in [7, 11) is 0. The second-order valence-corrected chi connectivity index (χ2v) is 4.34. The van der Waals surface area contributed by atoms with Crippen molar-refractivity contribution in [3.8, 4) is 0 Å². The lowest BCUT2D eigenvalue weighted by Gasteiger charge is -2.19. The highest BCUT2D eigenvalue weighted by Crippen LogP contribution is 1.94. The maximum Gasteiger partial charge on any atom is 0.322 e. The van der Waals surface area contributed by atoms with Crippen LogP contribution in [0.1, 0.15) is 13.3 Å². The van der Waals surface area contributed by atoms with Crippen molar-refractivity contribution in [2.45, 2.75) is 25.4 Å². The molecule has 22 heavy (non-hydrogen) atoms. The summed E-state index contributed by atoms with van der Waals surface area (Å²) >= 11 is 0. The first-order valence-electron chi connectivity index (χ1n) is 6.25. The number of hydrogen-bond acceptors (Lipinski definition) is 6. The van der Waals surface area contributed by atoms with Crippen LogP contribution in [0, 0.1) is 0 Å². The summed E-state index contributed by atoms with van der Waals surface area (Å²) in [4.78, 5) is 55.9. The number of hydrogen-bond donors (Lipinski definition) is 6. The minimum atomic E-state index is -1.35. The largest absolute Gasteiger partial charge is 0.480 e. The maximum absolute atomic E-state index is 11.8. The van der Waals surface area contributed by atoms with E-state index in [2.05, 4.69) is 10.6 Å². The molecule has 11 nitrogen and oxygen atoms in total. The monoisotopic (exact) mass is 317 g/mol. The number of carbonyl (C=O) groups excluding carboxylic acids is 4. The van der Waals surface area contributed by atoms with Gasteiger partial charge in [-0.3, -0.25) is 24.0 Å². The Kier molecular flexibility index (Phi) is 8.15. The molecule has 0 aliphatic carbocycles. The first kappa shape index (κ1) is 19.3. The number of carboxylic acids is 1. The molecule has 0 aromatic carbocycles. The molecule has 0 radical (unpaired) electrons. The third-order valence-corrected chi connectivity index (χ3v) is 2.41. The molecule has 0 aromatic heterocycles. The van der Waals surface area contributed by atoms with E-state index in [4.69, 9.17) is 16.6 Å². The van der Waals surface area contributed by atoms with E-state index in [9.17, 15) is 24.0 Å². The number of nitrogens with two attached hydrogens (primary N) is 2. The van der Waals surface area contributed by atoms with Crippen molar-refractivity contribution >= 4 is 29.6 Å². The molecule has 11 heteroatoms. The van der Waals surface area contributed by atoms with Crippen molar-refractivity contribution in [3.63, 3.8) is 0 Å². The molecule has 4 amide bonds. The van der Waals surface area contributed by atoms with E-state index in [0.717, 1.165) is 0 Å². The Balaban J connectivity index is 4.72. The van der Waals surface area contributed by atoms with Gasteiger partial charge in [-0.2, -0.15) is 0 Å². The third kappa shape index (κ3) is 7.79. The highest BCUT2D eigenvalue weighted by atomic mass is 16.4. The fourth-order valence-corrected chi connectivity index (χ4v) is 1.36. The zero-order chi connectivity index (χ0) is 17.3. The van der Waals surface area contributed by atoms with E-state index < -0.39 is 54.6 Å². The predicted molar refractivity (Wildman–Crippen MR) is 73.0 cm³/mol. The maximum atomic E-state index is 11.8. The van der Waals surface area contributed by atoms with Crippen LogP contribution < -0.4 is 27.4 Å². The van der Waals surface area contributed by atoms with Crippen LogP contribution in [0.25, 0.3) is 0 Å². The van der Waals surface area contributed by atoms with Gasteiger partial charge in [0.15, 0.2) is 0 Å².